The van der Waals surface area contributed by atoms with E-state index in [0.717, 1.165) is 31.4 Å². The van der Waals surface area contributed by atoms with Crippen LogP contribution in [0.25, 0.3) is 0 Å². The molecule has 4 aromatic rings. The highest BCUT2D eigenvalue weighted by molar-refractivity contribution is 8.33. The molecule has 0 unspecified atom stereocenters. The van der Waals surface area contributed by atoms with Crippen molar-refractivity contribution < 1.29 is 12.0 Å². The Morgan fingerprint density at radius 2 is 1.00 bits per heavy atom. The fourth-order valence-corrected chi connectivity index (χ4v) is 10.6. The molecule has 0 N–H and O–H groups in total. The van der Waals surface area contributed by atoms with Crippen LogP contribution in [0.2, 0.25) is 0 Å². The lowest BCUT2D eigenvalue weighted by atomic mass is 9.89. The van der Waals surface area contributed by atoms with Crippen LogP contribution < -0.4 is 0 Å². The number of benzene rings is 4. The normalized spacial score (nSPS) is 12.9. The molecule has 206 valence electrons. The van der Waals surface area contributed by atoms with E-state index in [1.165, 1.54) is 5.56 Å². The van der Waals surface area contributed by atoms with Crippen LogP contribution in [0.15, 0.2) is 117 Å². The van der Waals surface area contributed by atoms with Crippen molar-refractivity contribution in [3.05, 3.63) is 119 Å². The van der Waals surface area contributed by atoms with Crippen LogP contribution in [0, 0.1) is 6.92 Å². The summed E-state index contributed by atoms with van der Waals surface area (Å²) in [6.07, 6.45) is 0. The second-order valence-corrected chi connectivity index (χ2v) is 15.4. The Balaban J connectivity index is 2.20. The van der Waals surface area contributed by atoms with E-state index in [-0.39, 0.29) is 16.7 Å². The molecule has 39 heavy (non-hydrogen) atoms. The van der Waals surface area contributed by atoms with E-state index < -0.39 is 20.4 Å². The second-order valence-electron chi connectivity index (χ2n) is 11.0. The van der Waals surface area contributed by atoms with Gasteiger partial charge in [-0.1, -0.05) is 108 Å². The average molecular weight is 561 g/mol. The zero-order valence-electron chi connectivity index (χ0n) is 24.0. The van der Waals surface area contributed by atoms with Crippen LogP contribution in [0.4, 0.5) is 0 Å². The Bertz CT molecular complexity index is 1440. The smallest absolute Gasteiger partial charge is 0.203 e. The standard InChI is InChI=1S/C34H40O3S2/c1-24(2)28-22-32(25(3)4)34(33(23-28)26(5)6)38(29-14-10-8-11-15-29,30-16-12-9-13-17-30)37-39(35,36)31-20-18-27(7)19-21-31/h8-26H,1-7H3. The third-order valence-corrected chi connectivity index (χ3v) is 12.3. The fraction of sp³-hybridized carbons (Fsp3) is 0.294. The Morgan fingerprint density at radius 3 is 1.38 bits per heavy atom. The van der Waals surface area contributed by atoms with Crippen LogP contribution in [-0.2, 0) is 13.7 Å². The second kappa shape index (κ2) is 11.7. The van der Waals surface area contributed by atoms with Crippen molar-refractivity contribution >= 4 is 20.4 Å². The molecule has 4 aromatic carbocycles. The molecule has 0 bridgehead atoms. The number of aryl methyl sites for hydroxylation is 1. The third-order valence-electron chi connectivity index (χ3n) is 7.02. The molecule has 0 aromatic heterocycles. The van der Waals surface area contributed by atoms with Gasteiger partial charge in [-0.2, -0.15) is 8.42 Å². The molecule has 0 radical (unpaired) electrons. The summed E-state index contributed by atoms with van der Waals surface area (Å²) in [4.78, 5) is 2.86. The van der Waals surface area contributed by atoms with Gasteiger partial charge in [0, 0.05) is 14.7 Å². The molecule has 0 heterocycles. The minimum Gasteiger partial charge on any atom is -0.203 e. The lowest BCUT2D eigenvalue weighted by Crippen LogP contribution is -2.18. The molecule has 0 fully saturated rings. The van der Waals surface area contributed by atoms with Crippen molar-refractivity contribution in [1.82, 2.24) is 0 Å². The van der Waals surface area contributed by atoms with Gasteiger partial charge < -0.3 is 0 Å². The summed E-state index contributed by atoms with van der Waals surface area (Å²) in [6, 6.07) is 31.3. The minimum atomic E-state index is -4.15. The molecule has 0 aliphatic carbocycles. The van der Waals surface area contributed by atoms with Gasteiger partial charge in [-0.25, -0.2) is 3.63 Å². The van der Waals surface area contributed by atoms with Crippen LogP contribution in [0.5, 0.6) is 0 Å². The summed E-state index contributed by atoms with van der Waals surface area (Å²) < 4.78 is 35.2. The Labute approximate surface area is 236 Å². The molecule has 3 nitrogen and oxygen atoms in total. The zero-order chi connectivity index (χ0) is 28.4. The molecular formula is C34H40O3S2. The van der Waals surface area contributed by atoms with Gasteiger partial charge in [-0.3, -0.25) is 0 Å². The van der Waals surface area contributed by atoms with Gasteiger partial charge >= 0.3 is 10.1 Å². The first-order valence-corrected chi connectivity index (χ1v) is 16.6. The molecular weight excluding hydrogens is 521 g/mol. The highest BCUT2D eigenvalue weighted by Crippen LogP contribution is 2.73. The summed E-state index contributed by atoms with van der Waals surface area (Å²) in [5, 5.41) is 0. The van der Waals surface area contributed by atoms with Gasteiger partial charge in [0.05, 0.1) is 4.90 Å². The van der Waals surface area contributed by atoms with Crippen LogP contribution in [0.3, 0.4) is 0 Å². The van der Waals surface area contributed by atoms with Crippen LogP contribution >= 0.6 is 10.3 Å². The van der Waals surface area contributed by atoms with Crippen molar-refractivity contribution in [3.63, 3.8) is 0 Å². The summed E-state index contributed by atoms with van der Waals surface area (Å²) in [5.41, 5.74) is 4.51. The lowest BCUT2D eigenvalue weighted by molar-refractivity contribution is 0.507. The van der Waals surface area contributed by atoms with Crippen LogP contribution in [0.1, 0.15) is 81.5 Å². The van der Waals surface area contributed by atoms with Gasteiger partial charge in [-0.15, -0.1) is 0 Å². The minimum absolute atomic E-state index is 0.154. The van der Waals surface area contributed by atoms with E-state index in [9.17, 15) is 8.42 Å². The first-order valence-electron chi connectivity index (χ1n) is 13.6. The van der Waals surface area contributed by atoms with Crippen molar-refractivity contribution in [1.29, 1.82) is 0 Å². The first-order chi connectivity index (χ1) is 18.5. The van der Waals surface area contributed by atoms with Gasteiger partial charge in [-0.05, 0) is 88.1 Å². The topological polar surface area (TPSA) is 43.4 Å². The molecule has 0 saturated heterocycles. The summed E-state index contributed by atoms with van der Waals surface area (Å²) in [5.74, 6) is 0.645. The Hall–Kier alpha value is -2.86. The van der Waals surface area contributed by atoms with Gasteiger partial charge in [0.25, 0.3) is 0 Å². The van der Waals surface area contributed by atoms with E-state index in [1.54, 1.807) is 12.1 Å². The van der Waals surface area contributed by atoms with E-state index in [2.05, 4.69) is 53.7 Å². The quantitative estimate of drug-likeness (QED) is 0.205. The molecule has 0 saturated carbocycles. The highest BCUT2D eigenvalue weighted by atomic mass is 32.3. The van der Waals surface area contributed by atoms with E-state index in [4.69, 9.17) is 3.63 Å². The molecule has 0 aliphatic heterocycles. The SMILES string of the molecule is Cc1ccc(S(=O)(=O)OS(c2ccccc2)(c2ccccc2)c2c(C(C)C)cc(C(C)C)cc2C(C)C)cc1. The highest BCUT2D eigenvalue weighted by Gasteiger charge is 2.42. The average Bonchev–Trinajstić information content (AvgIpc) is 2.92. The molecule has 4 rings (SSSR count). The van der Waals surface area contributed by atoms with Crippen molar-refractivity contribution in [2.75, 3.05) is 0 Å². The molecule has 0 aliphatic rings. The predicted octanol–water partition coefficient (Wildman–Crippen LogP) is 9.97. The third kappa shape index (κ3) is 5.86. The fourth-order valence-electron chi connectivity index (χ4n) is 4.81. The Kier molecular flexibility index (Phi) is 8.75. The van der Waals surface area contributed by atoms with Crippen LogP contribution in [-0.4, -0.2) is 8.42 Å². The first kappa shape index (κ1) is 29.1. The van der Waals surface area contributed by atoms with Crippen molar-refractivity contribution in [3.8, 4) is 0 Å². The molecule has 0 atom stereocenters. The number of rotatable bonds is 9. The zero-order valence-corrected chi connectivity index (χ0v) is 25.6. The predicted molar refractivity (Wildman–Crippen MR) is 163 cm³/mol. The van der Waals surface area contributed by atoms with E-state index >= 15 is 0 Å². The number of hydrogen-bond acceptors (Lipinski definition) is 3. The Morgan fingerprint density at radius 1 is 0.564 bits per heavy atom. The van der Waals surface area contributed by atoms with Gasteiger partial charge in [0.1, 0.15) is 0 Å². The largest absolute Gasteiger partial charge is 0.307 e. The van der Waals surface area contributed by atoms with E-state index in [1.807, 2.05) is 79.7 Å². The lowest BCUT2D eigenvalue weighted by Gasteiger charge is -2.43. The van der Waals surface area contributed by atoms with E-state index in [0.29, 0.717) is 5.92 Å². The van der Waals surface area contributed by atoms with Crippen molar-refractivity contribution in [2.24, 2.45) is 0 Å². The summed E-state index contributed by atoms with van der Waals surface area (Å²) in [7, 11) is -6.88. The van der Waals surface area contributed by atoms with Gasteiger partial charge in [0.15, 0.2) is 0 Å². The summed E-state index contributed by atoms with van der Waals surface area (Å²) >= 11 is 0. The maximum absolute atomic E-state index is 14.2. The maximum Gasteiger partial charge on any atom is 0.307 e. The summed E-state index contributed by atoms with van der Waals surface area (Å²) in [6.45, 7) is 15.1. The molecule has 5 heteroatoms. The monoisotopic (exact) mass is 560 g/mol. The molecule has 0 amide bonds. The van der Waals surface area contributed by atoms with Gasteiger partial charge in [0.2, 0.25) is 0 Å². The number of hydrogen-bond donors (Lipinski definition) is 0. The van der Waals surface area contributed by atoms with Crippen molar-refractivity contribution in [2.45, 2.75) is 85.8 Å². The molecule has 0 spiro atoms. The maximum atomic E-state index is 14.2.